The van der Waals surface area contributed by atoms with Gasteiger partial charge in [-0.25, -0.2) is 9.67 Å². The molecule has 0 fully saturated rings. The first-order chi connectivity index (χ1) is 18.4. The molecule has 9 heteroatoms. The van der Waals surface area contributed by atoms with Crippen molar-refractivity contribution < 1.29 is 9.59 Å². The molecule has 1 aliphatic heterocycles. The monoisotopic (exact) mass is 528 g/mol. The maximum atomic E-state index is 13.1. The largest absolute Gasteiger partial charge is 0.358 e. The Morgan fingerprint density at radius 3 is 2.74 bits per heavy atom. The smallest absolute Gasteiger partial charge is 0.256 e. The van der Waals surface area contributed by atoms with Crippen LogP contribution in [0.1, 0.15) is 59.6 Å². The summed E-state index contributed by atoms with van der Waals surface area (Å²) in [4.78, 5) is 36.0. The highest BCUT2D eigenvalue weighted by Gasteiger charge is 2.26. The van der Waals surface area contributed by atoms with Gasteiger partial charge in [-0.05, 0) is 69.2 Å². The van der Waals surface area contributed by atoms with E-state index in [-0.39, 0.29) is 11.7 Å². The van der Waals surface area contributed by atoms with Crippen molar-refractivity contribution in [2.45, 2.75) is 40.5 Å². The van der Waals surface area contributed by atoms with Gasteiger partial charge in [0.1, 0.15) is 0 Å². The Bertz CT molecular complexity index is 1510. The second kappa shape index (κ2) is 10.9. The van der Waals surface area contributed by atoms with Gasteiger partial charge in [0.15, 0.2) is 11.6 Å². The first-order valence-electron chi connectivity index (χ1n) is 12.9. The number of aromatic nitrogens is 4. The number of aryl methyl sites for hydroxylation is 1. The highest BCUT2D eigenvalue weighted by atomic mass is 32.1. The number of fused-ring (bicyclic) bond motifs is 1. The van der Waals surface area contributed by atoms with Crippen LogP contribution in [0.4, 0.5) is 5.69 Å². The highest BCUT2D eigenvalue weighted by molar-refractivity contribution is 7.07. The number of hydrogen-bond acceptors (Lipinski definition) is 6. The van der Waals surface area contributed by atoms with Crippen LogP contribution in [0.3, 0.4) is 0 Å². The third kappa shape index (κ3) is 4.99. The molecule has 3 aromatic heterocycles. The van der Waals surface area contributed by atoms with Crippen molar-refractivity contribution in [3.63, 3.8) is 0 Å². The normalized spacial score (nSPS) is 13.9. The second-order valence-corrected chi connectivity index (χ2v) is 10.2. The molecule has 0 bridgehead atoms. The third-order valence-electron chi connectivity index (χ3n) is 7.19. The summed E-state index contributed by atoms with van der Waals surface area (Å²) in [6, 6.07) is 5.90. The van der Waals surface area contributed by atoms with Crippen LogP contribution in [0.5, 0.6) is 0 Å². The fourth-order valence-electron chi connectivity index (χ4n) is 5.04. The molecule has 1 amide bonds. The molecule has 5 rings (SSSR count). The summed E-state index contributed by atoms with van der Waals surface area (Å²) in [5.74, 6) is 0.758. The maximum absolute atomic E-state index is 13.1. The van der Waals surface area contributed by atoms with E-state index in [1.165, 1.54) is 11.3 Å². The predicted molar refractivity (Wildman–Crippen MR) is 153 cm³/mol. The molecule has 0 radical (unpaired) electrons. The summed E-state index contributed by atoms with van der Waals surface area (Å²) >= 11 is 1.52. The zero-order valence-corrected chi connectivity index (χ0v) is 23.0. The lowest BCUT2D eigenvalue weighted by molar-refractivity contribution is -0.110. The van der Waals surface area contributed by atoms with Crippen LogP contribution in [-0.4, -0.2) is 56.0 Å². The molecule has 4 aromatic rings. The molecular formula is C29H32N6O2S. The van der Waals surface area contributed by atoms with Crippen molar-refractivity contribution in [1.82, 2.24) is 24.6 Å². The summed E-state index contributed by atoms with van der Waals surface area (Å²) in [5, 5.41) is 9.34. The summed E-state index contributed by atoms with van der Waals surface area (Å²) in [6.45, 7) is 11.1. The first-order valence-corrected chi connectivity index (χ1v) is 13.9. The maximum Gasteiger partial charge on any atom is 0.256 e. The van der Waals surface area contributed by atoms with Gasteiger partial charge < -0.3 is 15.2 Å². The number of hydrogen-bond donors (Lipinski definition) is 2. The molecule has 1 aliphatic rings. The van der Waals surface area contributed by atoms with Gasteiger partial charge in [0.25, 0.3) is 5.91 Å². The summed E-state index contributed by atoms with van der Waals surface area (Å²) in [6.07, 6.45) is 6.93. The Balaban J connectivity index is 1.41. The molecular weight excluding hydrogens is 496 g/mol. The Hall–Kier alpha value is -3.82. The molecule has 0 unspecified atom stereocenters. The van der Waals surface area contributed by atoms with Gasteiger partial charge in [0.2, 0.25) is 0 Å². The standard InChI is InChI=1S/C29H32N6O2S/c1-5-34(6-2)11-7-8-26(36)28-18(3)25(32-19(28)4)13-23-22-12-20(9-10-24(22)33-29(23)37)21-14-31-35(15-21)27-16-38-17-30-27/h9-10,12-17,32H,5-8,11H2,1-4H3,(H,33,37)/b23-13-. The minimum Gasteiger partial charge on any atom is -0.358 e. The average Bonchev–Trinajstić information content (AvgIpc) is 3.70. The summed E-state index contributed by atoms with van der Waals surface area (Å²) in [5.41, 5.74) is 9.06. The van der Waals surface area contributed by atoms with Gasteiger partial charge in [-0.3, -0.25) is 9.59 Å². The lowest BCUT2D eigenvalue weighted by atomic mass is 9.98. The lowest BCUT2D eigenvalue weighted by Gasteiger charge is -2.17. The van der Waals surface area contributed by atoms with E-state index in [0.717, 1.165) is 76.8 Å². The molecule has 0 saturated heterocycles. The van der Waals surface area contributed by atoms with Crippen LogP contribution < -0.4 is 5.32 Å². The molecule has 2 N–H and O–H groups in total. The van der Waals surface area contributed by atoms with Gasteiger partial charge in [-0.2, -0.15) is 5.10 Å². The van der Waals surface area contributed by atoms with Crippen LogP contribution in [0.15, 0.2) is 41.5 Å². The molecule has 0 saturated carbocycles. The van der Waals surface area contributed by atoms with Crippen LogP contribution in [-0.2, 0) is 4.79 Å². The number of benzene rings is 1. The van der Waals surface area contributed by atoms with E-state index >= 15 is 0 Å². The third-order valence-corrected chi connectivity index (χ3v) is 7.76. The van der Waals surface area contributed by atoms with E-state index < -0.39 is 0 Å². The van der Waals surface area contributed by atoms with E-state index in [4.69, 9.17) is 0 Å². The average molecular weight is 529 g/mol. The predicted octanol–water partition coefficient (Wildman–Crippen LogP) is 5.74. The number of rotatable bonds is 10. The number of carbonyl (C=O) groups excluding carboxylic acids is 2. The van der Waals surface area contributed by atoms with Crippen LogP contribution in [0, 0.1) is 13.8 Å². The Morgan fingerprint density at radius 2 is 2.00 bits per heavy atom. The number of ketones is 1. The van der Waals surface area contributed by atoms with E-state index in [1.807, 2.05) is 49.7 Å². The van der Waals surface area contributed by atoms with Crippen LogP contribution >= 0.6 is 11.3 Å². The minimum absolute atomic E-state index is 0.142. The number of thiazole rings is 1. The number of amides is 1. The summed E-state index contributed by atoms with van der Waals surface area (Å²) < 4.78 is 1.74. The lowest BCUT2D eigenvalue weighted by Crippen LogP contribution is -2.24. The molecule has 0 atom stereocenters. The first kappa shape index (κ1) is 25.8. The molecule has 38 heavy (non-hydrogen) atoms. The van der Waals surface area contributed by atoms with Crippen molar-refractivity contribution in [3.05, 3.63) is 69.6 Å². The summed E-state index contributed by atoms with van der Waals surface area (Å²) in [7, 11) is 0. The molecule has 1 aromatic carbocycles. The molecule has 196 valence electrons. The molecule has 4 heterocycles. The Kier molecular flexibility index (Phi) is 7.40. The number of aromatic amines is 1. The number of nitrogens with one attached hydrogen (secondary N) is 2. The number of carbonyl (C=O) groups is 2. The number of anilines is 1. The quantitative estimate of drug-likeness (QED) is 0.202. The minimum atomic E-state index is -0.158. The zero-order chi connectivity index (χ0) is 26.8. The van der Waals surface area contributed by atoms with E-state index in [9.17, 15) is 9.59 Å². The fourth-order valence-corrected chi connectivity index (χ4v) is 5.56. The van der Waals surface area contributed by atoms with Crippen molar-refractivity contribution in [2.24, 2.45) is 0 Å². The number of nitrogens with zero attached hydrogens (tertiary/aromatic N) is 4. The van der Waals surface area contributed by atoms with E-state index in [1.54, 1.807) is 16.4 Å². The SMILES string of the molecule is CCN(CC)CCCC(=O)c1c(C)[nH]c(/C=C2\C(=O)Nc3ccc(-c4cnn(-c5cscn5)c4)cc32)c1C. The van der Waals surface area contributed by atoms with Crippen LogP contribution in [0.25, 0.3) is 28.6 Å². The highest BCUT2D eigenvalue weighted by Crippen LogP contribution is 2.37. The number of Topliss-reactive ketones (excluding diaryl/α,β-unsaturated/α-hetero) is 1. The van der Waals surface area contributed by atoms with Crippen molar-refractivity contribution in [1.29, 1.82) is 0 Å². The van der Waals surface area contributed by atoms with Gasteiger partial charge in [0.05, 0.1) is 17.3 Å². The Morgan fingerprint density at radius 1 is 1.18 bits per heavy atom. The van der Waals surface area contributed by atoms with Crippen LogP contribution in [0.2, 0.25) is 0 Å². The van der Waals surface area contributed by atoms with Gasteiger partial charge in [-0.15, -0.1) is 11.3 Å². The van der Waals surface area contributed by atoms with Gasteiger partial charge >= 0.3 is 0 Å². The zero-order valence-electron chi connectivity index (χ0n) is 22.2. The Labute approximate surface area is 226 Å². The second-order valence-electron chi connectivity index (χ2n) is 9.51. The van der Waals surface area contributed by atoms with Gasteiger partial charge in [0, 0.05) is 51.8 Å². The molecule has 0 aliphatic carbocycles. The van der Waals surface area contributed by atoms with Crippen molar-refractivity contribution >= 4 is 40.4 Å². The molecule has 8 nitrogen and oxygen atoms in total. The van der Waals surface area contributed by atoms with Crippen molar-refractivity contribution in [3.8, 4) is 16.9 Å². The molecule has 0 spiro atoms. The van der Waals surface area contributed by atoms with E-state index in [2.05, 4.69) is 39.1 Å². The fraction of sp³-hybridized carbons (Fsp3) is 0.310. The number of H-pyrrole nitrogens is 1. The van der Waals surface area contributed by atoms with Gasteiger partial charge in [-0.1, -0.05) is 19.9 Å². The van der Waals surface area contributed by atoms with E-state index in [0.29, 0.717) is 12.0 Å². The topological polar surface area (TPSA) is 95.9 Å². The van der Waals surface area contributed by atoms with Crippen molar-refractivity contribution in [2.75, 3.05) is 25.0 Å².